The fourth-order valence-corrected chi connectivity index (χ4v) is 3.59. The lowest BCUT2D eigenvalue weighted by Crippen LogP contribution is -2.31. The quantitative estimate of drug-likeness (QED) is 0.598. The number of phenolic OH excluding ortho intramolecular Hbond substituents is 1. The molecule has 0 aliphatic carbocycles. The largest absolute Gasteiger partial charge is 0.507 e. The Morgan fingerprint density at radius 2 is 1.96 bits per heavy atom. The molecule has 3 aromatic rings. The first-order chi connectivity index (χ1) is 13.1. The highest BCUT2D eigenvalue weighted by atomic mass is 32.2. The molecule has 1 N–H and O–H groups in total. The number of aromatic hydroxyl groups is 1. The molecule has 0 unspecified atom stereocenters. The molecule has 0 saturated heterocycles. The molecule has 0 radical (unpaired) electrons. The standard InChI is InChI=1S/C19H22N4O3S/c1-3-22(4-2)17(25)13-27-19-21-20-18(15-9-5-6-10-16(15)24)23(19)12-14-8-7-11-26-14/h5-11,24H,3-4,12-13H2,1-2H3. The predicted molar refractivity (Wildman–Crippen MR) is 104 cm³/mol. The van der Waals surface area contributed by atoms with Gasteiger partial charge in [0, 0.05) is 13.1 Å². The maximum atomic E-state index is 12.3. The fourth-order valence-electron chi connectivity index (χ4n) is 2.75. The smallest absolute Gasteiger partial charge is 0.233 e. The van der Waals surface area contributed by atoms with Gasteiger partial charge in [-0.25, -0.2) is 0 Å². The van der Waals surface area contributed by atoms with Crippen LogP contribution >= 0.6 is 11.8 Å². The Balaban J connectivity index is 1.89. The van der Waals surface area contributed by atoms with E-state index in [1.807, 2.05) is 36.6 Å². The molecule has 7 nitrogen and oxygen atoms in total. The molecule has 2 heterocycles. The van der Waals surface area contributed by atoms with E-state index in [0.29, 0.717) is 36.2 Å². The molecule has 8 heteroatoms. The van der Waals surface area contributed by atoms with E-state index in [-0.39, 0.29) is 17.4 Å². The average Bonchev–Trinajstić information content (AvgIpc) is 3.32. The second kappa shape index (κ2) is 8.77. The maximum absolute atomic E-state index is 12.3. The number of carbonyl (C=O) groups is 1. The first kappa shape index (κ1) is 19.0. The van der Waals surface area contributed by atoms with Gasteiger partial charge in [0.2, 0.25) is 5.91 Å². The van der Waals surface area contributed by atoms with Gasteiger partial charge in [-0.3, -0.25) is 9.36 Å². The number of furan rings is 1. The van der Waals surface area contributed by atoms with Crippen LogP contribution in [0.4, 0.5) is 0 Å². The molecular weight excluding hydrogens is 364 g/mol. The van der Waals surface area contributed by atoms with Gasteiger partial charge < -0.3 is 14.4 Å². The van der Waals surface area contributed by atoms with E-state index in [0.717, 1.165) is 5.76 Å². The molecule has 1 amide bonds. The van der Waals surface area contributed by atoms with E-state index in [4.69, 9.17) is 4.42 Å². The summed E-state index contributed by atoms with van der Waals surface area (Å²) in [6.45, 7) is 5.69. The van der Waals surface area contributed by atoms with Crippen LogP contribution in [-0.2, 0) is 11.3 Å². The number of rotatable bonds is 8. The van der Waals surface area contributed by atoms with Crippen molar-refractivity contribution >= 4 is 17.7 Å². The summed E-state index contributed by atoms with van der Waals surface area (Å²) in [4.78, 5) is 14.1. The Hall–Kier alpha value is -2.74. The minimum Gasteiger partial charge on any atom is -0.507 e. The van der Waals surface area contributed by atoms with Crippen LogP contribution in [0.25, 0.3) is 11.4 Å². The zero-order valence-corrected chi connectivity index (χ0v) is 16.1. The summed E-state index contributed by atoms with van der Waals surface area (Å²) >= 11 is 1.33. The van der Waals surface area contributed by atoms with Gasteiger partial charge in [-0.05, 0) is 38.1 Å². The fraction of sp³-hybridized carbons (Fsp3) is 0.316. The van der Waals surface area contributed by atoms with E-state index in [9.17, 15) is 9.90 Å². The summed E-state index contributed by atoms with van der Waals surface area (Å²) in [7, 11) is 0. The minimum atomic E-state index is 0.0571. The molecule has 27 heavy (non-hydrogen) atoms. The SMILES string of the molecule is CCN(CC)C(=O)CSc1nnc(-c2ccccc2O)n1Cc1ccco1. The molecule has 3 rings (SSSR count). The third kappa shape index (κ3) is 4.33. The highest BCUT2D eigenvalue weighted by Crippen LogP contribution is 2.30. The second-order valence-corrected chi connectivity index (χ2v) is 6.79. The van der Waals surface area contributed by atoms with E-state index in [1.165, 1.54) is 11.8 Å². The number of nitrogens with zero attached hydrogens (tertiary/aromatic N) is 4. The van der Waals surface area contributed by atoms with Crippen molar-refractivity contribution in [3.05, 3.63) is 48.4 Å². The molecule has 0 atom stereocenters. The van der Waals surface area contributed by atoms with Crippen LogP contribution in [0.2, 0.25) is 0 Å². The van der Waals surface area contributed by atoms with Gasteiger partial charge >= 0.3 is 0 Å². The van der Waals surface area contributed by atoms with Crippen molar-refractivity contribution in [1.82, 2.24) is 19.7 Å². The molecule has 142 valence electrons. The van der Waals surface area contributed by atoms with Gasteiger partial charge in [-0.2, -0.15) is 0 Å². The summed E-state index contributed by atoms with van der Waals surface area (Å²) in [6.07, 6.45) is 1.61. The highest BCUT2D eigenvalue weighted by molar-refractivity contribution is 7.99. The van der Waals surface area contributed by atoms with Crippen LogP contribution in [0, 0.1) is 0 Å². The molecule has 0 saturated carbocycles. The van der Waals surface area contributed by atoms with E-state index in [2.05, 4.69) is 10.2 Å². The minimum absolute atomic E-state index is 0.0571. The lowest BCUT2D eigenvalue weighted by Gasteiger charge is -2.18. The van der Waals surface area contributed by atoms with Gasteiger partial charge in [-0.15, -0.1) is 10.2 Å². The molecule has 0 fully saturated rings. The Kier molecular flexibility index (Phi) is 6.18. The number of thioether (sulfide) groups is 1. The van der Waals surface area contributed by atoms with E-state index >= 15 is 0 Å². The number of aromatic nitrogens is 3. The van der Waals surface area contributed by atoms with Crippen LogP contribution in [-0.4, -0.2) is 49.5 Å². The number of phenols is 1. The van der Waals surface area contributed by atoms with Crippen LogP contribution in [0.15, 0.2) is 52.2 Å². The molecule has 1 aromatic carbocycles. The van der Waals surface area contributed by atoms with E-state index in [1.54, 1.807) is 29.4 Å². The van der Waals surface area contributed by atoms with Crippen molar-refractivity contribution in [3.8, 4) is 17.1 Å². The molecule has 2 aromatic heterocycles. The average molecular weight is 386 g/mol. The summed E-state index contributed by atoms with van der Waals surface area (Å²) in [6, 6.07) is 10.7. The van der Waals surface area contributed by atoms with Gasteiger partial charge in [0.15, 0.2) is 11.0 Å². The molecule has 0 spiro atoms. The topological polar surface area (TPSA) is 84.4 Å². The first-order valence-corrected chi connectivity index (χ1v) is 9.77. The van der Waals surface area contributed by atoms with E-state index < -0.39 is 0 Å². The predicted octanol–water partition coefficient (Wildman–Crippen LogP) is 3.25. The third-order valence-corrected chi connectivity index (χ3v) is 5.15. The Bertz CT molecular complexity index is 888. The van der Waals surface area contributed by atoms with Gasteiger partial charge in [0.05, 0.1) is 24.1 Å². The lowest BCUT2D eigenvalue weighted by molar-refractivity contribution is -0.127. The molecule has 0 bridgehead atoms. The number of amides is 1. The summed E-state index contributed by atoms with van der Waals surface area (Å²) in [5.74, 6) is 1.73. The highest BCUT2D eigenvalue weighted by Gasteiger charge is 2.19. The number of hydrogen-bond donors (Lipinski definition) is 1. The van der Waals surface area contributed by atoms with Crippen LogP contribution in [0.5, 0.6) is 5.75 Å². The normalized spacial score (nSPS) is 10.9. The van der Waals surface area contributed by atoms with Crippen molar-refractivity contribution in [2.24, 2.45) is 0 Å². The number of hydrogen-bond acceptors (Lipinski definition) is 6. The van der Waals surface area contributed by atoms with Gasteiger partial charge in [0.25, 0.3) is 0 Å². The monoisotopic (exact) mass is 386 g/mol. The Morgan fingerprint density at radius 3 is 2.63 bits per heavy atom. The lowest BCUT2D eigenvalue weighted by atomic mass is 10.2. The van der Waals surface area contributed by atoms with Crippen molar-refractivity contribution in [1.29, 1.82) is 0 Å². The zero-order chi connectivity index (χ0) is 19.2. The number of carbonyl (C=O) groups excluding carboxylic acids is 1. The Labute approximate surface area is 162 Å². The van der Waals surface area contributed by atoms with Crippen molar-refractivity contribution < 1.29 is 14.3 Å². The summed E-state index contributed by atoms with van der Waals surface area (Å²) in [5, 5.41) is 19.3. The summed E-state index contributed by atoms with van der Waals surface area (Å²) in [5.41, 5.74) is 0.582. The van der Waals surface area contributed by atoms with Crippen LogP contribution < -0.4 is 0 Å². The van der Waals surface area contributed by atoms with Crippen LogP contribution in [0.3, 0.4) is 0 Å². The van der Waals surface area contributed by atoms with Gasteiger partial charge in [-0.1, -0.05) is 23.9 Å². The Morgan fingerprint density at radius 1 is 1.19 bits per heavy atom. The van der Waals surface area contributed by atoms with Crippen LogP contribution in [0.1, 0.15) is 19.6 Å². The molecular formula is C19H22N4O3S. The zero-order valence-electron chi connectivity index (χ0n) is 15.3. The number of para-hydroxylation sites is 1. The second-order valence-electron chi connectivity index (χ2n) is 5.84. The van der Waals surface area contributed by atoms with Crippen molar-refractivity contribution in [2.45, 2.75) is 25.5 Å². The van der Waals surface area contributed by atoms with Crippen molar-refractivity contribution in [2.75, 3.05) is 18.8 Å². The summed E-state index contributed by atoms with van der Waals surface area (Å²) < 4.78 is 7.31. The molecule has 0 aliphatic heterocycles. The van der Waals surface area contributed by atoms with Crippen molar-refractivity contribution in [3.63, 3.8) is 0 Å². The first-order valence-electron chi connectivity index (χ1n) is 8.78. The third-order valence-electron chi connectivity index (χ3n) is 4.20. The molecule has 0 aliphatic rings. The number of benzene rings is 1. The van der Waals surface area contributed by atoms with Gasteiger partial charge in [0.1, 0.15) is 11.5 Å². The maximum Gasteiger partial charge on any atom is 0.233 e.